The van der Waals surface area contributed by atoms with Gasteiger partial charge in [-0.2, -0.15) is 0 Å². The van der Waals surface area contributed by atoms with Gasteiger partial charge in [0.1, 0.15) is 0 Å². The summed E-state index contributed by atoms with van der Waals surface area (Å²) in [5.41, 5.74) is 50.7. The number of nitrogens with zero attached hydrogens (tertiary/aromatic N) is 2. The van der Waals surface area contributed by atoms with E-state index in [4.69, 9.17) is 9.97 Å². The molecule has 97 heavy (non-hydrogen) atoms. The first-order valence-corrected chi connectivity index (χ1v) is 38.3. The van der Waals surface area contributed by atoms with Gasteiger partial charge >= 0.3 is 0 Å². The number of H-pyrrole nitrogens is 2. The number of fused-ring (bicyclic) bond motifs is 48. The van der Waals surface area contributed by atoms with E-state index in [2.05, 4.69) is 168 Å². The van der Waals surface area contributed by atoms with E-state index >= 15 is 0 Å². The number of benzene rings is 7. The molecule has 10 aromatic rings. The Morgan fingerprint density at radius 2 is 0.536 bits per heavy atom. The summed E-state index contributed by atoms with van der Waals surface area (Å²) in [6.45, 7) is 0. The molecule has 0 saturated heterocycles. The Morgan fingerprint density at radius 3 is 0.866 bits per heavy atom. The van der Waals surface area contributed by atoms with Crippen LogP contribution >= 0.6 is 0 Å². The summed E-state index contributed by atoms with van der Waals surface area (Å²) in [6.07, 6.45) is 33.5. The third kappa shape index (κ3) is 6.36. The zero-order chi connectivity index (χ0) is 62.2. The molecule has 0 amide bonds. The second-order valence-corrected chi connectivity index (χ2v) is 33.7. The van der Waals surface area contributed by atoms with E-state index in [1.54, 1.807) is 83.5 Å². The van der Waals surface area contributed by atoms with Crippen LogP contribution < -0.4 is 0 Å². The van der Waals surface area contributed by atoms with Crippen molar-refractivity contribution in [3.8, 4) is 66.8 Å². The molecule has 7 aromatic carbocycles. The fraction of sp³-hybridized carbons (Fsp3) is 0.333. The number of aromatic amines is 2. The summed E-state index contributed by atoms with van der Waals surface area (Å²) in [6, 6.07) is 53.9. The molecule has 6 fully saturated rings. The highest BCUT2D eigenvalue weighted by Crippen LogP contribution is 2.69. The quantitative estimate of drug-likeness (QED) is 0.184. The number of hydrogen-bond donors (Lipinski definition) is 2. The highest BCUT2D eigenvalue weighted by molar-refractivity contribution is 6.05. The molecular formula is C93H76N4. The monoisotopic (exact) mass is 1250 g/mol. The third-order valence-electron chi connectivity index (χ3n) is 29.9. The highest BCUT2D eigenvalue weighted by atomic mass is 14.8. The van der Waals surface area contributed by atoms with Gasteiger partial charge in [0.15, 0.2) is 0 Å². The Labute approximate surface area is 566 Å². The van der Waals surface area contributed by atoms with Gasteiger partial charge < -0.3 is 9.97 Å². The van der Waals surface area contributed by atoms with Crippen molar-refractivity contribution >= 4 is 46.4 Å². The van der Waals surface area contributed by atoms with Crippen molar-refractivity contribution in [3.63, 3.8) is 0 Å². The molecule has 0 radical (unpaired) electrons. The molecule has 14 aliphatic carbocycles. The molecule has 16 aliphatic rings. The van der Waals surface area contributed by atoms with Crippen LogP contribution in [-0.4, -0.2) is 19.9 Å². The largest absolute Gasteiger partial charge is 0.354 e. The standard InChI is InChI=1S/C93H76N4/c1-4-10-68-58(7-1)59-8-2-5-11-69(59)93(68)70-12-6-3-9-60(70)61-26-25-57(41-71(61)93)86-72-27-29-74(94-72)87(90-80-51-19-13-45(35-51)62(80)42-63-46-14-20-52(36-46)81(63)90)76-31-33-78(96-76)89(92-84-55-23-17-49(39-55)66(84)44-67-50-18-24-56(40-50)85(67)92)79-34-32-77(97-79)88(75-30-28-73(86)95-75)91-82-53-21-15-47(37-53)64(82)43-65-48-16-22-54(38-48)83(65)91/h1-12,25-34,41-56,94,97H,13-24,35-40H2. The van der Waals surface area contributed by atoms with E-state index in [1.807, 2.05) is 0 Å². The van der Waals surface area contributed by atoms with Gasteiger partial charge in [0.05, 0.1) is 28.2 Å². The van der Waals surface area contributed by atoms with Crippen LogP contribution in [0, 0.1) is 0 Å². The van der Waals surface area contributed by atoms with E-state index < -0.39 is 5.41 Å². The summed E-state index contributed by atoms with van der Waals surface area (Å²) in [7, 11) is 0. The summed E-state index contributed by atoms with van der Waals surface area (Å²) < 4.78 is 0. The van der Waals surface area contributed by atoms with Gasteiger partial charge in [0.2, 0.25) is 0 Å². The minimum absolute atomic E-state index is 0.484. The van der Waals surface area contributed by atoms with Crippen LogP contribution in [0.2, 0.25) is 0 Å². The molecule has 12 atom stereocenters. The molecule has 20 bridgehead atoms. The first kappa shape index (κ1) is 52.3. The predicted octanol–water partition coefficient (Wildman–Crippen LogP) is 23.9. The molecular weight excluding hydrogens is 1170 g/mol. The van der Waals surface area contributed by atoms with E-state index in [0.29, 0.717) is 71.0 Å². The van der Waals surface area contributed by atoms with E-state index in [1.165, 1.54) is 199 Å². The van der Waals surface area contributed by atoms with Gasteiger partial charge in [-0.25, -0.2) is 9.97 Å². The number of hydrogen-bond acceptors (Lipinski definition) is 2. The van der Waals surface area contributed by atoms with Gasteiger partial charge in [-0.15, -0.1) is 0 Å². The van der Waals surface area contributed by atoms with E-state index in [9.17, 15) is 0 Å². The van der Waals surface area contributed by atoms with Crippen LogP contribution in [0.25, 0.3) is 113 Å². The van der Waals surface area contributed by atoms with Gasteiger partial charge in [0.25, 0.3) is 0 Å². The molecule has 4 nitrogen and oxygen atoms in total. The first-order chi connectivity index (χ1) is 48.0. The third-order valence-corrected chi connectivity index (χ3v) is 29.9. The van der Waals surface area contributed by atoms with Crippen molar-refractivity contribution in [1.29, 1.82) is 0 Å². The average Bonchev–Trinajstić information content (AvgIpc) is 1.52. The lowest BCUT2D eigenvalue weighted by atomic mass is 9.70. The van der Waals surface area contributed by atoms with Gasteiger partial charge in [-0.05, 0) is 375 Å². The molecule has 2 N–H and O–H groups in total. The molecule has 26 rings (SSSR count). The molecule has 1 spiro atoms. The first-order valence-electron chi connectivity index (χ1n) is 38.3. The fourth-order valence-electron chi connectivity index (χ4n) is 26.4. The molecule has 2 aliphatic heterocycles. The van der Waals surface area contributed by atoms with Crippen molar-refractivity contribution in [1.82, 2.24) is 19.9 Å². The smallest absolute Gasteiger partial charge is 0.0737 e. The predicted molar refractivity (Wildman–Crippen MR) is 393 cm³/mol. The van der Waals surface area contributed by atoms with Crippen molar-refractivity contribution in [3.05, 3.63) is 245 Å². The summed E-state index contributed by atoms with van der Waals surface area (Å²) >= 11 is 0. The zero-order valence-electron chi connectivity index (χ0n) is 55.1. The Hall–Kier alpha value is -8.86. The number of aromatic nitrogens is 4. The Kier molecular flexibility index (Phi) is 9.74. The van der Waals surface area contributed by atoms with Crippen molar-refractivity contribution < 1.29 is 0 Å². The van der Waals surface area contributed by atoms with Gasteiger partial charge in [-0.1, -0.05) is 103 Å². The lowest BCUT2D eigenvalue weighted by Crippen LogP contribution is -2.25. The molecule has 3 aromatic heterocycles. The van der Waals surface area contributed by atoms with Crippen molar-refractivity contribution in [2.75, 3.05) is 0 Å². The normalized spacial score (nSPS) is 28.3. The second kappa shape index (κ2) is 18.1. The van der Waals surface area contributed by atoms with Crippen LogP contribution in [0.5, 0.6) is 0 Å². The lowest BCUT2D eigenvalue weighted by Gasteiger charge is -2.30. The molecule has 4 heteroatoms. The van der Waals surface area contributed by atoms with Crippen molar-refractivity contribution in [2.24, 2.45) is 0 Å². The average molecular weight is 1250 g/mol. The van der Waals surface area contributed by atoms with Crippen LogP contribution in [0.1, 0.15) is 298 Å². The minimum atomic E-state index is -0.484. The SMILES string of the molecule is C1=Cc2nc1c(-c1ccc3c(c1)C1(c4ccccc4-c4ccccc41)c1ccccc1-3)c1ccc([nH]1)c(-c1c3c(cc4c1C1CCC4C1)C1CCC3C1)c1nc(c(-c3c4c(cc5c3C3CCC5C3)C3CCC4C3)c3ccc([nH]3)c2-c2c3c(cc4c2C2CCC4C2)C2CCC3C2)C=C1. The topological polar surface area (TPSA) is 57.4 Å². The molecule has 5 heterocycles. The van der Waals surface area contributed by atoms with Crippen LogP contribution in [0.15, 0.2) is 133 Å². The van der Waals surface area contributed by atoms with Crippen molar-refractivity contribution in [2.45, 2.75) is 192 Å². The van der Waals surface area contributed by atoms with Crippen LogP contribution in [-0.2, 0) is 5.41 Å². The number of nitrogens with one attached hydrogen (secondary N) is 2. The van der Waals surface area contributed by atoms with E-state index in [-0.39, 0.29) is 0 Å². The maximum atomic E-state index is 6.38. The van der Waals surface area contributed by atoms with Crippen LogP contribution in [0.4, 0.5) is 0 Å². The Bertz CT molecular complexity index is 5380. The summed E-state index contributed by atoms with van der Waals surface area (Å²) in [5, 5.41) is 0. The minimum Gasteiger partial charge on any atom is -0.354 e. The lowest BCUT2D eigenvalue weighted by molar-refractivity contribution is 0.692. The Balaban J connectivity index is 0.826. The molecule has 12 unspecified atom stereocenters. The molecule has 6 saturated carbocycles. The van der Waals surface area contributed by atoms with E-state index in [0.717, 1.165) is 33.9 Å². The maximum absolute atomic E-state index is 6.38. The maximum Gasteiger partial charge on any atom is 0.0737 e. The van der Waals surface area contributed by atoms with Gasteiger partial charge in [0, 0.05) is 44.3 Å². The Morgan fingerprint density at radius 1 is 0.258 bits per heavy atom. The fourth-order valence-corrected chi connectivity index (χ4v) is 26.4. The van der Waals surface area contributed by atoms with Crippen LogP contribution in [0.3, 0.4) is 0 Å². The highest BCUT2D eigenvalue weighted by Gasteiger charge is 2.54. The van der Waals surface area contributed by atoms with Gasteiger partial charge in [-0.3, -0.25) is 0 Å². The summed E-state index contributed by atoms with van der Waals surface area (Å²) in [5.74, 6) is 7.51. The number of rotatable bonds is 4. The zero-order valence-corrected chi connectivity index (χ0v) is 55.1. The summed E-state index contributed by atoms with van der Waals surface area (Å²) in [4.78, 5) is 21.7. The molecule has 468 valence electrons. The second-order valence-electron chi connectivity index (χ2n) is 33.7.